The number of pyridine rings is 1. The number of hydroxylamine groups is 2. The Morgan fingerprint density at radius 3 is 3.04 bits per heavy atom. The molecular formula is C18H25N3O3. The summed E-state index contributed by atoms with van der Waals surface area (Å²) in [7, 11) is 0. The molecule has 0 spiro atoms. The van der Waals surface area contributed by atoms with Gasteiger partial charge in [0.25, 0.3) is 5.91 Å². The monoisotopic (exact) mass is 331 g/mol. The molecule has 3 aliphatic heterocycles. The van der Waals surface area contributed by atoms with Crippen molar-refractivity contribution < 1.29 is 14.4 Å². The molecule has 0 saturated carbocycles. The van der Waals surface area contributed by atoms with E-state index in [9.17, 15) is 4.79 Å². The molecule has 0 N–H and O–H groups in total. The first-order valence-electron chi connectivity index (χ1n) is 8.95. The third-order valence-electron chi connectivity index (χ3n) is 5.28. The summed E-state index contributed by atoms with van der Waals surface area (Å²) in [6.07, 6.45) is 3.03. The van der Waals surface area contributed by atoms with E-state index in [0.717, 1.165) is 50.3 Å². The highest BCUT2D eigenvalue weighted by Gasteiger charge is 2.50. The van der Waals surface area contributed by atoms with Crippen LogP contribution in [0.25, 0.3) is 0 Å². The van der Waals surface area contributed by atoms with Crippen LogP contribution >= 0.6 is 0 Å². The van der Waals surface area contributed by atoms with Gasteiger partial charge in [0.05, 0.1) is 24.3 Å². The summed E-state index contributed by atoms with van der Waals surface area (Å²) in [5, 5.41) is 1.57. The van der Waals surface area contributed by atoms with Crippen LogP contribution in [-0.2, 0) is 20.9 Å². The molecule has 0 radical (unpaired) electrons. The van der Waals surface area contributed by atoms with Gasteiger partial charge >= 0.3 is 0 Å². The van der Waals surface area contributed by atoms with Crippen molar-refractivity contribution in [3.05, 3.63) is 29.6 Å². The molecule has 0 unspecified atom stereocenters. The van der Waals surface area contributed by atoms with Gasteiger partial charge in [-0.15, -0.1) is 0 Å². The number of carbonyl (C=O) groups is 1. The number of nitrogens with zero attached hydrogens (tertiary/aromatic N) is 3. The summed E-state index contributed by atoms with van der Waals surface area (Å²) in [6.45, 7) is 5.59. The number of hydrogen-bond donors (Lipinski definition) is 0. The van der Waals surface area contributed by atoms with E-state index in [1.165, 1.54) is 0 Å². The first kappa shape index (κ1) is 16.0. The lowest BCUT2D eigenvalue weighted by atomic mass is 10.0. The maximum absolute atomic E-state index is 12.9. The Kier molecular flexibility index (Phi) is 4.52. The van der Waals surface area contributed by atoms with Gasteiger partial charge in [-0.05, 0) is 38.3 Å². The first-order valence-corrected chi connectivity index (χ1v) is 8.95. The first-order chi connectivity index (χ1) is 11.7. The van der Waals surface area contributed by atoms with Crippen molar-refractivity contribution >= 4 is 5.91 Å². The molecule has 24 heavy (non-hydrogen) atoms. The molecule has 6 heteroatoms. The predicted octanol–water partition coefficient (Wildman–Crippen LogP) is 1.53. The minimum absolute atomic E-state index is 0.00663. The number of aryl methyl sites for hydroxylation is 1. The second-order valence-electron chi connectivity index (χ2n) is 6.98. The van der Waals surface area contributed by atoms with Gasteiger partial charge in [0.1, 0.15) is 0 Å². The Labute approximate surface area is 142 Å². The standard InChI is InChI=1S/C18H25N3O3/c1-13-5-4-6-14(19-13)11-20-12-15(17-16(20)7-10-23-17)18(22)21-8-2-3-9-24-21/h4-6,15-17H,2-3,7-12H2,1H3/t15-,16-,17+/m1/s1. The fourth-order valence-electron chi connectivity index (χ4n) is 4.12. The maximum Gasteiger partial charge on any atom is 0.253 e. The molecule has 0 bridgehead atoms. The summed E-state index contributed by atoms with van der Waals surface area (Å²) in [6, 6.07) is 6.42. The van der Waals surface area contributed by atoms with Gasteiger partial charge in [-0.1, -0.05) is 6.07 Å². The predicted molar refractivity (Wildman–Crippen MR) is 87.9 cm³/mol. The van der Waals surface area contributed by atoms with Crippen LogP contribution in [0, 0.1) is 12.8 Å². The molecule has 4 heterocycles. The van der Waals surface area contributed by atoms with Crippen LogP contribution in [0.2, 0.25) is 0 Å². The average molecular weight is 331 g/mol. The fourth-order valence-corrected chi connectivity index (χ4v) is 4.12. The minimum Gasteiger partial charge on any atom is -0.376 e. The van der Waals surface area contributed by atoms with Crippen LogP contribution in [0.5, 0.6) is 0 Å². The third kappa shape index (κ3) is 3.06. The quantitative estimate of drug-likeness (QED) is 0.841. The van der Waals surface area contributed by atoms with Crippen molar-refractivity contribution in [1.82, 2.24) is 14.9 Å². The van der Waals surface area contributed by atoms with Crippen LogP contribution in [0.3, 0.4) is 0 Å². The van der Waals surface area contributed by atoms with Gasteiger partial charge in [-0.25, -0.2) is 5.06 Å². The van der Waals surface area contributed by atoms with Crippen molar-refractivity contribution in [3.8, 4) is 0 Å². The summed E-state index contributed by atoms with van der Waals surface area (Å²) in [5.74, 6) is -0.0355. The Balaban J connectivity index is 1.48. The van der Waals surface area contributed by atoms with Gasteiger partial charge in [-0.3, -0.25) is 19.5 Å². The zero-order valence-corrected chi connectivity index (χ0v) is 14.2. The number of amides is 1. The number of rotatable bonds is 3. The van der Waals surface area contributed by atoms with E-state index < -0.39 is 0 Å². The number of fused-ring (bicyclic) bond motifs is 1. The second kappa shape index (κ2) is 6.78. The lowest BCUT2D eigenvalue weighted by Crippen LogP contribution is -2.43. The zero-order chi connectivity index (χ0) is 16.5. The summed E-state index contributed by atoms with van der Waals surface area (Å²) < 4.78 is 5.93. The van der Waals surface area contributed by atoms with Gasteiger partial charge < -0.3 is 4.74 Å². The van der Waals surface area contributed by atoms with E-state index >= 15 is 0 Å². The highest BCUT2D eigenvalue weighted by atomic mass is 16.7. The highest BCUT2D eigenvalue weighted by Crippen LogP contribution is 2.35. The largest absolute Gasteiger partial charge is 0.376 e. The maximum atomic E-state index is 12.9. The molecule has 1 amide bonds. The van der Waals surface area contributed by atoms with E-state index in [-0.39, 0.29) is 17.9 Å². The lowest BCUT2D eigenvalue weighted by molar-refractivity contribution is -0.203. The van der Waals surface area contributed by atoms with Gasteiger partial charge in [-0.2, -0.15) is 0 Å². The van der Waals surface area contributed by atoms with E-state index in [1.54, 1.807) is 5.06 Å². The molecule has 6 nitrogen and oxygen atoms in total. The molecule has 3 atom stereocenters. The Morgan fingerprint density at radius 1 is 1.33 bits per heavy atom. The van der Waals surface area contributed by atoms with Crippen molar-refractivity contribution in [3.63, 3.8) is 0 Å². The summed E-state index contributed by atoms with van der Waals surface area (Å²) in [5.41, 5.74) is 2.09. The van der Waals surface area contributed by atoms with Crippen LogP contribution in [-0.4, -0.2) is 59.3 Å². The fraction of sp³-hybridized carbons (Fsp3) is 0.667. The minimum atomic E-state index is -0.125. The van der Waals surface area contributed by atoms with E-state index in [0.29, 0.717) is 19.2 Å². The smallest absolute Gasteiger partial charge is 0.253 e. The Morgan fingerprint density at radius 2 is 2.25 bits per heavy atom. The van der Waals surface area contributed by atoms with Crippen LogP contribution < -0.4 is 0 Å². The Bertz CT molecular complexity index is 603. The molecule has 4 rings (SSSR count). The molecule has 0 aliphatic carbocycles. The number of hydrogen-bond acceptors (Lipinski definition) is 5. The van der Waals surface area contributed by atoms with Gasteiger partial charge in [0.15, 0.2) is 0 Å². The van der Waals surface area contributed by atoms with Crippen molar-refractivity contribution in [2.45, 2.75) is 44.9 Å². The van der Waals surface area contributed by atoms with Crippen molar-refractivity contribution in [2.24, 2.45) is 5.92 Å². The van der Waals surface area contributed by atoms with Crippen molar-refractivity contribution in [2.75, 3.05) is 26.3 Å². The summed E-state index contributed by atoms with van der Waals surface area (Å²) in [4.78, 5) is 25.4. The number of likely N-dealkylation sites (tertiary alicyclic amines) is 1. The molecular weight excluding hydrogens is 306 g/mol. The van der Waals surface area contributed by atoms with Crippen LogP contribution in [0.15, 0.2) is 18.2 Å². The molecule has 0 aromatic carbocycles. The van der Waals surface area contributed by atoms with E-state index in [2.05, 4.69) is 16.0 Å². The summed E-state index contributed by atoms with van der Waals surface area (Å²) >= 11 is 0. The van der Waals surface area contributed by atoms with E-state index in [1.807, 2.05) is 19.1 Å². The Hall–Kier alpha value is -1.50. The molecule has 3 fully saturated rings. The van der Waals surface area contributed by atoms with Gasteiger partial charge in [0.2, 0.25) is 0 Å². The van der Waals surface area contributed by atoms with Crippen LogP contribution in [0.1, 0.15) is 30.7 Å². The molecule has 1 aromatic rings. The number of aromatic nitrogens is 1. The zero-order valence-electron chi connectivity index (χ0n) is 14.2. The van der Waals surface area contributed by atoms with E-state index in [4.69, 9.17) is 9.57 Å². The topological polar surface area (TPSA) is 54.9 Å². The van der Waals surface area contributed by atoms with Crippen LogP contribution in [0.4, 0.5) is 0 Å². The highest BCUT2D eigenvalue weighted by molar-refractivity contribution is 5.79. The number of ether oxygens (including phenoxy) is 1. The average Bonchev–Trinajstić information content (AvgIpc) is 3.19. The molecule has 130 valence electrons. The molecule has 3 saturated heterocycles. The lowest BCUT2D eigenvalue weighted by Gasteiger charge is -2.29. The number of carbonyl (C=O) groups excluding carboxylic acids is 1. The second-order valence-corrected chi connectivity index (χ2v) is 6.98. The third-order valence-corrected chi connectivity index (χ3v) is 5.28. The normalized spacial score (nSPS) is 30.5. The molecule has 3 aliphatic rings. The van der Waals surface area contributed by atoms with Gasteiger partial charge in [0, 0.05) is 38.0 Å². The van der Waals surface area contributed by atoms with Crippen molar-refractivity contribution in [1.29, 1.82) is 0 Å². The SMILES string of the molecule is Cc1cccc(CN2C[C@@H](C(=O)N3CCCCO3)[C@@H]3OCC[C@H]32)n1. The molecule has 1 aromatic heterocycles.